The van der Waals surface area contributed by atoms with Gasteiger partial charge in [-0.05, 0) is 42.9 Å². The van der Waals surface area contributed by atoms with Crippen LogP contribution in [0.5, 0.6) is 0 Å². The largest absolute Gasteiger partial charge is 0.313 e. The van der Waals surface area contributed by atoms with Crippen molar-refractivity contribution in [2.45, 2.75) is 31.2 Å². The molecule has 0 aromatic heterocycles. The number of nitrogens with one attached hydrogen (secondary N) is 1. The highest BCUT2D eigenvalue weighted by Crippen LogP contribution is 2.37. The van der Waals surface area contributed by atoms with Crippen molar-refractivity contribution in [1.82, 2.24) is 5.32 Å². The molecule has 3 rings (SSSR count). The second-order valence-electron chi connectivity index (χ2n) is 4.21. The third kappa shape index (κ3) is 1.11. The van der Waals surface area contributed by atoms with E-state index in [2.05, 4.69) is 29.6 Å². The first-order valence-electron chi connectivity index (χ1n) is 5.26. The number of rotatable bonds is 0. The standard InChI is InChI=1S/C12H15N/c1-2-5-10-9(4-1)8-12-11(10)6-3-7-13-12/h1-2,4-5,11-13H,3,6-8H2/t11-,12-/m1/s1. The first kappa shape index (κ1) is 7.57. The van der Waals surface area contributed by atoms with Crippen LogP contribution in [0.3, 0.4) is 0 Å². The molecule has 2 atom stereocenters. The van der Waals surface area contributed by atoms with E-state index in [9.17, 15) is 0 Å². The van der Waals surface area contributed by atoms with Gasteiger partial charge in [-0.25, -0.2) is 0 Å². The van der Waals surface area contributed by atoms with Crippen LogP contribution >= 0.6 is 0 Å². The van der Waals surface area contributed by atoms with Crippen molar-refractivity contribution in [2.24, 2.45) is 0 Å². The Kier molecular flexibility index (Phi) is 1.66. The zero-order valence-corrected chi connectivity index (χ0v) is 7.79. The summed E-state index contributed by atoms with van der Waals surface area (Å²) < 4.78 is 0. The van der Waals surface area contributed by atoms with Crippen molar-refractivity contribution in [3.8, 4) is 0 Å². The quantitative estimate of drug-likeness (QED) is 0.633. The Hall–Kier alpha value is -0.820. The fraction of sp³-hybridized carbons (Fsp3) is 0.500. The van der Waals surface area contributed by atoms with Gasteiger partial charge in [-0.3, -0.25) is 0 Å². The van der Waals surface area contributed by atoms with E-state index in [0.717, 1.165) is 12.0 Å². The molecule has 1 heterocycles. The third-order valence-corrected chi connectivity index (χ3v) is 3.48. The Balaban J connectivity index is 2.01. The first-order chi connectivity index (χ1) is 6.45. The SMILES string of the molecule is c1ccc2c(c1)C[C@H]1NCCC[C@H]21. The minimum absolute atomic E-state index is 0.742. The van der Waals surface area contributed by atoms with Crippen molar-refractivity contribution in [3.05, 3.63) is 35.4 Å². The lowest BCUT2D eigenvalue weighted by atomic mass is 9.90. The molecule has 1 aromatic rings. The van der Waals surface area contributed by atoms with E-state index >= 15 is 0 Å². The molecule has 1 aliphatic carbocycles. The van der Waals surface area contributed by atoms with E-state index in [1.165, 1.54) is 25.8 Å². The minimum Gasteiger partial charge on any atom is -0.313 e. The normalized spacial score (nSPS) is 31.1. The average Bonchev–Trinajstić information content (AvgIpc) is 2.56. The number of fused-ring (bicyclic) bond motifs is 3. The Bertz CT molecular complexity index is 319. The molecule has 0 unspecified atom stereocenters. The highest BCUT2D eigenvalue weighted by Gasteiger charge is 2.33. The van der Waals surface area contributed by atoms with Crippen molar-refractivity contribution in [3.63, 3.8) is 0 Å². The highest BCUT2D eigenvalue weighted by atomic mass is 14.9. The third-order valence-electron chi connectivity index (χ3n) is 3.48. The van der Waals surface area contributed by atoms with Gasteiger partial charge < -0.3 is 5.32 Å². The van der Waals surface area contributed by atoms with Gasteiger partial charge in [0.1, 0.15) is 0 Å². The zero-order valence-electron chi connectivity index (χ0n) is 7.79. The molecule has 68 valence electrons. The van der Waals surface area contributed by atoms with Gasteiger partial charge in [-0.1, -0.05) is 24.3 Å². The van der Waals surface area contributed by atoms with E-state index in [4.69, 9.17) is 0 Å². The zero-order chi connectivity index (χ0) is 8.67. The molecule has 0 bridgehead atoms. The van der Waals surface area contributed by atoms with Crippen LogP contribution in [0.1, 0.15) is 29.9 Å². The summed E-state index contributed by atoms with van der Waals surface area (Å²) in [6.45, 7) is 1.22. The van der Waals surface area contributed by atoms with E-state index in [1.54, 1.807) is 11.1 Å². The summed E-state index contributed by atoms with van der Waals surface area (Å²) >= 11 is 0. The number of hydrogen-bond acceptors (Lipinski definition) is 1. The van der Waals surface area contributed by atoms with Gasteiger partial charge in [0, 0.05) is 6.04 Å². The molecule has 1 saturated heterocycles. The van der Waals surface area contributed by atoms with Crippen LogP contribution < -0.4 is 5.32 Å². The Morgan fingerprint density at radius 1 is 1.23 bits per heavy atom. The van der Waals surface area contributed by atoms with E-state index in [-0.39, 0.29) is 0 Å². The minimum atomic E-state index is 0.742. The second kappa shape index (κ2) is 2.85. The Morgan fingerprint density at radius 2 is 2.15 bits per heavy atom. The predicted octanol–water partition coefficient (Wildman–Crippen LogP) is 2.08. The summed E-state index contributed by atoms with van der Waals surface area (Å²) in [5.74, 6) is 0.810. The molecular weight excluding hydrogens is 158 g/mol. The van der Waals surface area contributed by atoms with E-state index in [1.807, 2.05) is 0 Å². The molecule has 1 N–H and O–H groups in total. The molecule has 0 saturated carbocycles. The smallest absolute Gasteiger partial charge is 0.0176 e. The van der Waals surface area contributed by atoms with Crippen LogP contribution in [0.2, 0.25) is 0 Å². The number of hydrogen-bond donors (Lipinski definition) is 1. The van der Waals surface area contributed by atoms with Gasteiger partial charge >= 0.3 is 0 Å². The van der Waals surface area contributed by atoms with Crippen molar-refractivity contribution >= 4 is 0 Å². The van der Waals surface area contributed by atoms with Crippen LogP contribution in [-0.2, 0) is 6.42 Å². The Morgan fingerprint density at radius 3 is 3.15 bits per heavy atom. The Labute approximate surface area is 79.2 Å². The summed E-state index contributed by atoms with van der Waals surface area (Å²) in [7, 11) is 0. The molecule has 0 amide bonds. The lowest BCUT2D eigenvalue weighted by molar-refractivity contribution is 0.372. The topological polar surface area (TPSA) is 12.0 Å². The lowest BCUT2D eigenvalue weighted by Gasteiger charge is -2.26. The lowest BCUT2D eigenvalue weighted by Crippen LogP contribution is -2.37. The van der Waals surface area contributed by atoms with E-state index in [0.29, 0.717) is 0 Å². The van der Waals surface area contributed by atoms with Crippen LogP contribution in [0.25, 0.3) is 0 Å². The summed E-state index contributed by atoms with van der Waals surface area (Å²) in [6.07, 6.45) is 3.98. The maximum atomic E-state index is 3.63. The summed E-state index contributed by atoms with van der Waals surface area (Å²) in [5, 5.41) is 3.63. The van der Waals surface area contributed by atoms with Crippen LogP contribution in [-0.4, -0.2) is 12.6 Å². The molecule has 13 heavy (non-hydrogen) atoms. The van der Waals surface area contributed by atoms with Gasteiger partial charge in [0.05, 0.1) is 0 Å². The molecule has 1 fully saturated rings. The molecule has 2 aliphatic rings. The second-order valence-corrected chi connectivity index (χ2v) is 4.21. The van der Waals surface area contributed by atoms with Crippen LogP contribution in [0.15, 0.2) is 24.3 Å². The van der Waals surface area contributed by atoms with Crippen molar-refractivity contribution in [2.75, 3.05) is 6.54 Å². The molecule has 1 aliphatic heterocycles. The maximum Gasteiger partial charge on any atom is 0.0176 e. The number of piperidine rings is 1. The monoisotopic (exact) mass is 173 g/mol. The van der Waals surface area contributed by atoms with Gasteiger partial charge in [-0.2, -0.15) is 0 Å². The van der Waals surface area contributed by atoms with E-state index < -0.39 is 0 Å². The first-order valence-corrected chi connectivity index (χ1v) is 5.26. The van der Waals surface area contributed by atoms with Gasteiger partial charge in [0.15, 0.2) is 0 Å². The van der Waals surface area contributed by atoms with Gasteiger partial charge in [0.25, 0.3) is 0 Å². The van der Waals surface area contributed by atoms with Crippen LogP contribution in [0, 0.1) is 0 Å². The molecule has 0 radical (unpaired) electrons. The molecule has 1 nitrogen and oxygen atoms in total. The van der Waals surface area contributed by atoms with Gasteiger partial charge in [0.2, 0.25) is 0 Å². The molecule has 1 aromatic carbocycles. The number of benzene rings is 1. The van der Waals surface area contributed by atoms with Crippen molar-refractivity contribution in [1.29, 1.82) is 0 Å². The fourth-order valence-corrected chi connectivity index (χ4v) is 2.86. The fourth-order valence-electron chi connectivity index (χ4n) is 2.86. The summed E-state index contributed by atoms with van der Waals surface area (Å²) in [5.41, 5.74) is 3.19. The predicted molar refractivity (Wildman–Crippen MR) is 53.9 cm³/mol. The molecule has 0 spiro atoms. The summed E-state index contributed by atoms with van der Waals surface area (Å²) in [6, 6.07) is 9.68. The van der Waals surface area contributed by atoms with Crippen LogP contribution in [0.4, 0.5) is 0 Å². The summed E-state index contributed by atoms with van der Waals surface area (Å²) in [4.78, 5) is 0. The van der Waals surface area contributed by atoms with Gasteiger partial charge in [-0.15, -0.1) is 0 Å². The van der Waals surface area contributed by atoms with Crippen molar-refractivity contribution < 1.29 is 0 Å². The maximum absolute atomic E-state index is 3.63. The average molecular weight is 173 g/mol. The highest BCUT2D eigenvalue weighted by molar-refractivity contribution is 5.38. The molecular formula is C12H15N. The molecule has 1 heteroatoms.